The molecule has 0 amide bonds. The third-order valence-electron chi connectivity index (χ3n) is 4.49. The zero-order valence-corrected chi connectivity index (χ0v) is 13.6. The molecule has 3 rings (SSSR count). The number of nitrogens with zero attached hydrogens (tertiary/aromatic N) is 1. The van der Waals surface area contributed by atoms with Crippen molar-refractivity contribution in [3.05, 3.63) is 71.8 Å². The molecule has 0 saturated carbocycles. The van der Waals surface area contributed by atoms with E-state index in [4.69, 9.17) is 0 Å². The SMILES string of the molecule is Cl.OCCN1CCCC(c2ccccc2)C1c1ccccc1. The van der Waals surface area contributed by atoms with Gasteiger partial charge in [-0.2, -0.15) is 0 Å². The summed E-state index contributed by atoms with van der Waals surface area (Å²) >= 11 is 0. The molecule has 0 bridgehead atoms. The smallest absolute Gasteiger partial charge is 0.0558 e. The van der Waals surface area contributed by atoms with Gasteiger partial charge < -0.3 is 5.11 Å². The summed E-state index contributed by atoms with van der Waals surface area (Å²) in [5, 5.41) is 9.40. The fourth-order valence-corrected chi connectivity index (χ4v) is 3.59. The lowest BCUT2D eigenvalue weighted by Gasteiger charge is -2.42. The highest BCUT2D eigenvalue weighted by atomic mass is 35.5. The van der Waals surface area contributed by atoms with Crippen molar-refractivity contribution < 1.29 is 5.11 Å². The molecule has 1 saturated heterocycles. The third-order valence-corrected chi connectivity index (χ3v) is 4.49. The van der Waals surface area contributed by atoms with Gasteiger partial charge in [-0.05, 0) is 30.5 Å². The molecule has 2 nitrogen and oxygen atoms in total. The Kier molecular flexibility index (Phi) is 6.44. The number of hydrogen-bond acceptors (Lipinski definition) is 2. The Morgan fingerprint density at radius 2 is 1.50 bits per heavy atom. The largest absolute Gasteiger partial charge is 0.395 e. The summed E-state index contributed by atoms with van der Waals surface area (Å²) < 4.78 is 0. The Labute approximate surface area is 139 Å². The molecule has 2 atom stereocenters. The first-order valence-electron chi connectivity index (χ1n) is 7.85. The Hall–Kier alpha value is -1.35. The van der Waals surface area contributed by atoms with E-state index in [1.54, 1.807) is 0 Å². The highest BCUT2D eigenvalue weighted by molar-refractivity contribution is 5.85. The molecule has 1 fully saturated rings. The molecule has 1 heterocycles. The van der Waals surface area contributed by atoms with Gasteiger partial charge in [0.1, 0.15) is 0 Å². The molecule has 0 spiro atoms. The minimum absolute atomic E-state index is 0. The minimum Gasteiger partial charge on any atom is -0.395 e. The van der Waals surface area contributed by atoms with Gasteiger partial charge in [-0.25, -0.2) is 0 Å². The minimum atomic E-state index is 0. The normalized spacial score (nSPS) is 22.0. The monoisotopic (exact) mass is 317 g/mol. The number of likely N-dealkylation sites (tertiary alicyclic amines) is 1. The summed E-state index contributed by atoms with van der Waals surface area (Å²) in [5.74, 6) is 0.508. The number of aliphatic hydroxyl groups is 1. The molecular formula is C19H24ClNO. The van der Waals surface area contributed by atoms with Crippen molar-refractivity contribution in [3.8, 4) is 0 Å². The van der Waals surface area contributed by atoms with E-state index < -0.39 is 0 Å². The lowest BCUT2D eigenvalue weighted by atomic mass is 9.80. The fraction of sp³-hybridized carbons (Fsp3) is 0.368. The summed E-state index contributed by atoms with van der Waals surface area (Å²) in [5.41, 5.74) is 2.77. The van der Waals surface area contributed by atoms with Crippen molar-refractivity contribution in [2.45, 2.75) is 24.8 Å². The molecule has 2 aromatic rings. The van der Waals surface area contributed by atoms with Gasteiger partial charge in [-0.3, -0.25) is 4.90 Å². The number of piperidine rings is 1. The van der Waals surface area contributed by atoms with Gasteiger partial charge in [-0.1, -0.05) is 60.7 Å². The molecule has 2 unspecified atom stereocenters. The molecule has 2 aromatic carbocycles. The number of aliphatic hydroxyl groups excluding tert-OH is 1. The van der Waals surface area contributed by atoms with Crippen molar-refractivity contribution in [1.29, 1.82) is 0 Å². The van der Waals surface area contributed by atoms with Crippen LogP contribution in [0.1, 0.15) is 35.9 Å². The highest BCUT2D eigenvalue weighted by Crippen LogP contribution is 2.42. The van der Waals surface area contributed by atoms with E-state index in [0.29, 0.717) is 12.0 Å². The quantitative estimate of drug-likeness (QED) is 0.920. The summed E-state index contributed by atoms with van der Waals surface area (Å²) in [6.45, 7) is 2.05. The summed E-state index contributed by atoms with van der Waals surface area (Å²) in [7, 11) is 0. The molecule has 118 valence electrons. The van der Waals surface area contributed by atoms with E-state index in [2.05, 4.69) is 65.6 Å². The molecule has 3 heteroatoms. The Morgan fingerprint density at radius 3 is 2.09 bits per heavy atom. The topological polar surface area (TPSA) is 23.5 Å². The van der Waals surface area contributed by atoms with Crippen LogP contribution in [0.3, 0.4) is 0 Å². The van der Waals surface area contributed by atoms with Crippen LogP contribution in [0, 0.1) is 0 Å². The van der Waals surface area contributed by atoms with Crippen molar-refractivity contribution in [3.63, 3.8) is 0 Å². The van der Waals surface area contributed by atoms with Crippen molar-refractivity contribution in [2.24, 2.45) is 0 Å². The van der Waals surface area contributed by atoms with Crippen LogP contribution < -0.4 is 0 Å². The van der Waals surface area contributed by atoms with Crippen LogP contribution in [0.2, 0.25) is 0 Å². The lowest BCUT2D eigenvalue weighted by molar-refractivity contribution is 0.100. The number of halogens is 1. The summed E-state index contributed by atoms with van der Waals surface area (Å²) in [6.07, 6.45) is 2.41. The highest BCUT2D eigenvalue weighted by Gasteiger charge is 2.32. The Bertz CT molecular complexity index is 544. The molecular weight excluding hydrogens is 294 g/mol. The lowest BCUT2D eigenvalue weighted by Crippen LogP contribution is -2.39. The van der Waals surface area contributed by atoms with E-state index in [0.717, 1.165) is 13.1 Å². The predicted octanol–water partition coefficient (Wildman–Crippen LogP) is 4.02. The van der Waals surface area contributed by atoms with Crippen molar-refractivity contribution in [1.82, 2.24) is 4.90 Å². The van der Waals surface area contributed by atoms with Crippen molar-refractivity contribution in [2.75, 3.05) is 19.7 Å². The van der Waals surface area contributed by atoms with Gasteiger partial charge in [0.15, 0.2) is 0 Å². The molecule has 1 N–H and O–H groups in total. The van der Waals surface area contributed by atoms with Gasteiger partial charge in [0, 0.05) is 18.5 Å². The van der Waals surface area contributed by atoms with Crippen molar-refractivity contribution >= 4 is 12.4 Å². The number of benzene rings is 2. The van der Waals surface area contributed by atoms with E-state index in [-0.39, 0.29) is 19.0 Å². The van der Waals surface area contributed by atoms with Crippen LogP contribution in [0.25, 0.3) is 0 Å². The maximum atomic E-state index is 9.40. The van der Waals surface area contributed by atoms with Crippen LogP contribution in [-0.2, 0) is 0 Å². The number of hydrogen-bond donors (Lipinski definition) is 1. The number of rotatable bonds is 4. The van der Waals surface area contributed by atoms with E-state index >= 15 is 0 Å². The van der Waals surface area contributed by atoms with Gasteiger partial charge in [0.05, 0.1) is 6.61 Å². The van der Waals surface area contributed by atoms with Gasteiger partial charge >= 0.3 is 0 Å². The Balaban J connectivity index is 0.00000176. The van der Waals surface area contributed by atoms with Crippen LogP contribution in [0.5, 0.6) is 0 Å². The Morgan fingerprint density at radius 1 is 0.909 bits per heavy atom. The standard InChI is InChI=1S/C19H23NO.ClH/c21-15-14-20-13-7-12-18(16-8-3-1-4-9-16)19(20)17-10-5-2-6-11-17;/h1-6,8-11,18-19,21H,7,12-15H2;1H. The second-order valence-corrected chi connectivity index (χ2v) is 5.77. The second kappa shape index (κ2) is 8.33. The molecule has 0 radical (unpaired) electrons. The van der Waals surface area contributed by atoms with E-state index in [9.17, 15) is 5.11 Å². The average molecular weight is 318 g/mol. The molecule has 0 aliphatic carbocycles. The van der Waals surface area contributed by atoms with E-state index in [1.807, 2.05) is 0 Å². The van der Waals surface area contributed by atoms with Gasteiger partial charge in [-0.15, -0.1) is 12.4 Å². The second-order valence-electron chi connectivity index (χ2n) is 5.77. The zero-order valence-electron chi connectivity index (χ0n) is 12.8. The van der Waals surface area contributed by atoms with Crippen LogP contribution >= 0.6 is 12.4 Å². The van der Waals surface area contributed by atoms with Gasteiger partial charge in [0.2, 0.25) is 0 Å². The molecule has 22 heavy (non-hydrogen) atoms. The molecule has 1 aliphatic rings. The molecule has 0 aromatic heterocycles. The first-order valence-corrected chi connectivity index (χ1v) is 7.85. The van der Waals surface area contributed by atoms with Crippen LogP contribution in [0.4, 0.5) is 0 Å². The van der Waals surface area contributed by atoms with Crippen LogP contribution in [0.15, 0.2) is 60.7 Å². The zero-order chi connectivity index (χ0) is 14.5. The van der Waals surface area contributed by atoms with E-state index in [1.165, 1.54) is 24.0 Å². The summed E-state index contributed by atoms with van der Waals surface area (Å²) in [6, 6.07) is 21.9. The molecule has 1 aliphatic heterocycles. The predicted molar refractivity (Wildman–Crippen MR) is 93.5 cm³/mol. The third kappa shape index (κ3) is 3.70. The first kappa shape index (κ1) is 17.0. The fourth-order valence-electron chi connectivity index (χ4n) is 3.59. The first-order chi connectivity index (χ1) is 10.4. The summed E-state index contributed by atoms with van der Waals surface area (Å²) in [4.78, 5) is 2.44. The van der Waals surface area contributed by atoms with Crippen LogP contribution in [-0.4, -0.2) is 29.7 Å². The average Bonchev–Trinajstić information content (AvgIpc) is 2.56. The maximum Gasteiger partial charge on any atom is 0.0558 e. The van der Waals surface area contributed by atoms with Gasteiger partial charge in [0.25, 0.3) is 0 Å². The maximum absolute atomic E-state index is 9.40. The number of β-amino-alcohol motifs (C(OH)–C–C–N with tert-alkyl or cyclic N) is 1.